The molecular weight excluding hydrogens is 318 g/mol. The number of hydrogen-bond donors (Lipinski definition) is 6. The van der Waals surface area contributed by atoms with Gasteiger partial charge in [-0.1, -0.05) is 12.5 Å². The lowest BCUT2D eigenvalue weighted by Crippen LogP contribution is -2.33. The molecule has 0 bridgehead atoms. The molecule has 1 aliphatic carbocycles. The fraction of sp³-hybridized carbons (Fsp3) is 0.375. The number of nitrogens with one attached hydrogen (secondary N) is 1. The number of amides is 1. The molecule has 0 aliphatic heterocycles. The summed E-state index contributed by atoms with van der Waals surface area (Å²) < 4.78 is 0. The fourth-order valence-electron chi connectivity index (χ4n) is 2.31. The van der Waals surface area contributed by atoms with Crippen molar-refractivity contribution in [3.8, 4) is 11.5 Å². The van der Waals surface area contributed by atoms with Crippen LogP contribution < -0.4 is 5.48 Å². The van der Waals surface area contributed by atoms with Gasteiger partial charge in [-0.05, 0) is 43.0 Å². The van der Waals surface area contributed by atoms with Crippen molar-refractivity contribution >= 4 is 18.0 Å². The molecule has 1 aromatic rings. The van der Waals surface area contributed by atoms with Crippen molar-refractivity contribution in [2.45, 2.75) is 31.8 Å². The zero-order valence-corrected chi connectivity index (χ0v) is 12.9. The number of benzene rings is 1. The molecule has 1 aromatic carbocycles. The van der Waals surface area contributed by atoms with Crippen LogP contribution in [0.2, 0.25) is 0 Å². The quantitative estimate of drug-likeness (QED) is 0.210. The van der Waals surface area contributed by atoms with Gasteiger partial charge in [0.2, 0.25) is 5.91 Å². The second-order valence-corrected chi connectivity index (χ2v) is 5.41. The standard InChI is InChI=1S/C9H8O4.C7H13NO3/c10-7-3-1-6(5-8(7)11)2-4-9(12)13;9-6-3-1-2-5(4-6)7(10)8-11/h1-5,10-11H,(H,12,13);5-6,9,11H,1-4H2,(H,8,10)/b4-2+;. The van der Waals surface area contributed by atoms with E-state index >= 15 is 0 Å². The minimum atomic E-state index is -1.06. The number of hydroxylamine groups is 1. The first-order valence-corrected chi connectivity index (χ1v) is 7.38. The van der Waals surface area contributed by atoms with Gasteiger partial charge >= 0.3 is 5.97 Å². The molecule has 0 radical (unpaired) electrons. The van der Waals surface area contributed by atoms with Crippen molar-refractivity contribution in [3.05, 3.63) is 29.8 Å². The maximum absolute atomic E-state index is 10.8. The Hall–Kier alpha value is -2.58. The van der Waals surface area contributed by atoms with Crippen LogP contribution >= 0.6 is 0 Å². The van der Waals surface area contributed by atoms with Crippen LogP contribution in [-0.4, -0.2) is 43.6 Å². The molecule has 0 aromatic heterocycles. The van der Waals surface area contributed by atoms with Crippen molar-refractivity contribution in [3.63, 3.8) is 0 Å². The van der Waals surface area contributed by atoms with Gasteiger partial charge in [-0.2, -0.15) is 0 Å². The van der Waals surface area contributed by atoms with Crippen molar-refractivity contribution in [2.75, 3.05) is 0 Å². The van der Waals surface area contributed by atoms with Crippen LogP contribution in [0.1, 0.15) is 31.2 Å². The van der Waals surface area contributed by atoms with E-state index in [1.807, 2.05) is 0 Å². The Morgan fingerprint density at radius 1 is 1.17 bits per heavy atom. The Kier molecular flexibility index (Phi) is 7.73. The van der Waals surface area contributed by atoms with Crippen LogP contribution in [-0.2, 0) is 9.59 Å². The third-order valence-corrected chi connectivity index (χ3v) is 3.55. The second-order valence-electron chi connectivity index (χ2n) is 5.41. The van der Waals surface area contributed by atoms with Gasteiger partial charge in [0.1, 0.15) is 0 Å². The van der Waals surface area contributed by atoms with E-state index in [-0.39, 0.29) is 29.4 Å². The first-order chi connectivity index (χ1) is 11.3. The number of carbonyl (C=O) groups is 2. The lowest BCUT2D eigenvalue weighted by molar-refractivity contribution is -0.135. The number of carbonyl (C=O) groups excluding carboxylic acids is 1. The van der Waals surface area contributed by atoms with E-state index in [1.54, 1.807) is 5.48 Å². The Morgan fingerprint density at radius 3 is 2.42 bits per heavy atom. The van der Waals surface area contributed by atoms with Crippen LogP contribution in [0.15, 0.2) is 24.3 Å². The van der Waals surface area contributed by atoms with E-state index in [2.05, 4.69) is 0 Å². The number of rotatable bonds is 3. The summed E-state index contributed by atoms with van der Waals surface area (Å²) in [5, 5.41) is 43.7. The van der Waals surface area contributed by atoms with Crippen molar-refractivity contribution in [2.24, 2.45) is 5.92 Å². The Balaban J connectivity index is 0.000000243. The minimum absolute atomic E-state index is 0.205. The van der Waals surface area contributed by atoms with Gasteiger partial charge in [-0.15, -0.1) is 0 Å². The number of aliphatic hydroxyl groups excluding tert-OH is 1. The van der Waals surface area contributed by atoms with Gasteiger partial charge in [-0.25, -0.2) is 10.3 Å². The summed E-state index contributed by atoms with van der Waals surface area (Å²) in [7, 11) is 0. The highest BCUT2D eigenvalue weighted by atomic mass is 16.5. The van der Waals surface area contributed by atoms with Crippen LogP contribution in [0.25, 0.3) is 6.08 Å². The highest BCUT2D eigenvalue weighted by Gasteiger charge is 2.25. The molecule has 6 N–H and O–H groups in total. The summed E-state index contributed by atoms with van der Waals surface area (Å²) in [5.41, 5.74) is 2.12. The second kappa shape index (κ2) is 9.53. The smallest absolute Gasteiger partial charge is 0.328 e. The van der Waals surface area contributed by atoms with Crippen LogP contribution in [0, 0.1) is 5.92 Å². The number of aliphatic carboxylic acids is 1. The maximum atomic E-state index is 10.8. The first kappa shape index (κ1) is 19.5. The van der Waals surface area contributed by atoms with E-state index in [0.29, 0.717) is 12.0 Å². The van der Waals surface area contributed by atoms with E-state index in [4.69, 9.17) is 25.6 Å². The molecule has 1 aliphatic rings. The molecule has 1 fully saturated rings. The van der Waals surface area contributed by atoms with Crippen LogP contribution in [0.5, 0.6) is 11.5 Å². The van der Waals surface area contributed by atoms with Crippen molar-refractivity contribution in [1.82, 2.24) is 5.48 Å². The zero-order chi connectivity index (χ0) is 18.1. The predicted octanol–water partition coefficient (Wildman–Crippen LogP) is 1.24. The van der Waals surface area contributed by atoms with E-state index in [9.17, 15) is 9.59 Å². The van der Waals surface area contributed by atoms with Gasteiger partial charge in [0.15, 0.2) is 11.5 Å². The summed E-state index contributed by atoms with van der Waals surface area (Å²) >= 11 is 0. The van der Waals surface area contributed by atoms with Gasteiger partial charge in [-0.3, -0.25) is 10.0 Å². The number of phenolic OH excluding ortho intramolecular Hbond substituents is 2. The van der Waals surface area contributed by atoms with Gasteiger partial charge in [0.05, 0.1) is 6.10 Å². The molecular formula is C16H21NO7. The predicted molar refractivity (Wildman–Crippen MR) is 84.3 cm³/mol. The SMILES string of the molecule is O=C(NO)C1CCCC(O)C1.O=C(O)/C=C/c1ccc(O)c(O)c1. The molecule has 132 valence electrons. The van der Waals surface area contributed by atoms with E-state index < -0.39 is 5.97 Å². The average Bonchev–Trinajstić information content (AvgIpc) is 2.55. The first-order valence-electron chi connectivity index (χ1n) is 7.38. The highest BCUT2D eigenvalue weighted by molar-refractivity contribution is 5.85. The molecule has 2 unspecified atom stereocenters. The summed E-state index contributed by atoms with van der Waals surface area (Å²) in [6, 6.07) is 4.06. The molecule has 2 atom stereocenters. The third-order valence-electron chi connectivity index (χ3n) is 3.55. The molecule has 1 saturated carbocycles. The summed E-state index contributed by atoms with van der Waals surface area (Å²) in [6.45, 7) is 0. The van der Waals surface area contributed by atoms with E-state index in [1.165, 1.54) is 24.3 Å². The molecule has 8 heteroatoms. The summed E-state index contributed by atoms with van der Waals surface area (Å²) in [5.74, 6) is -2.14. The summed E-state index contributed by atoms with van der Waals surface area (Å²) in [6.07, 6.45) is 4.78. The van der Waals surface area contributed by atoms with Gasteiger partial charge < -0.3 is 20.4 Å². The zero-order valence-electron chi connectivity index (χ0n) is 12.9. The molecule has 0 heterocycles. The normalized spacial score (nSPS) is 20.1. The highest BCUT2D eigenvalue weighted by Crippen LogP contribution is 2.25. The average molecular weight is 339 g/mol. The van der Waals surface area contributed by atoms with Crippen molar-refractivity contribution in [1.29, 1.82) is 0 Å². The molecule has 1 amide bonds. The largest absolute Gasteiger partial charge is 0.504 e. The minimum Gasteiger partial charge on any atom is -0.504 e. The Labute approximate surface area is 138 Å². The number of carboxylic acids is 1. The monoisotopic (exact) mass is 339 g/mol. The lowest BCUT2D eigenvalue weighted by atomic mass is 9.87. The maximum Gasteiger partial charge on any atom is 0.328 e. The lowest BCUT2D eigenvalue weighted by Gasteiger charge is -2.23. The van der Waals surface area contributed by atoms with Crippen LogP contribution in [0.3, 0.4) is 0 Å². The fourth-order valence-corrected chi connectivity index (χ4v) is 2.31. The van der Waals surface area contributed by atoms with Gasteiger partial charge in [0, 0.05) is 12.0 Å². The molecule has 8 nitrogen and oxygen atoms in total. The van der Waals surface area contributed by atoms with E-state index in [0.717, 1.165) is 25.3 Å². The Morgan fingerprint density at radius 2 is 1.88 bits per heavy atom. The van der Waals surface area contributed by atoms with Crippen LogP contribution in [0.4, 0.5) is 0 Å². The van der Waals surface area contributed by atoms with Gasteiger partial charge in [0.25, 0.3) is 0 Å². The number of aliphatic hydroxyl groups is 1. The number of carboxylic acid groups (broad SMARTS) is 1. The third kappa shape index (κ3) is 6.67. The van der Waals surface area contributed by atoms with Crippen molar-refractivity contribution < 1.29 is 35.2 Å². The Bertz CT molecular complexity index is 600. The number of phenols is 2. The summed E-state index contributed by atoms with van der Waals surface area (Å²) in [4.78, 5) is 21.0. The molecule has 2 rings (SSSR count). The molecule has 0 spiro atoms. The molecule has 24 heavy (non-hydrogen) atoms. The number of aromatic hydroxyl groups is 2. The molecule has 0 saturated heterocycles. The number of hydrogen-bond acceptors (Lipinski definition) is 6. The topological polar surface area (TPSA) is 147 Å².